The maximum absolute atomic E-state index is 12.7. The Morgan fingerprint density at radius 3 is 2.30 bits per heavy atom. The number of alkyl carbamates (subject to hydrolysis) is 1. The highest BCUT2D eigenvalue weighted by Gasteiger charge is 2.39. The first kappa shape index (κ1) is 24.9. The summed E-state index contributed by atoms with van der Waals surface area (Å²) < 4.78 is 32.0. The van der Waals surface area contributed by atoms with Gasteiger partial charge in [0.05, 0.1) is 23.8 Å². The van der Waals surface area contributed by atoms with Gasteiger partial charge in [0.1, 0.15) is 18.0 Å². The van der Waals surface area contributed by atoms with Crippen molar-refractivity contribution in [3.8, 4) is 0 Å². The SMILES string of the molecule is O=C1CC(c2ccc(C[C@H](NC(=O)OCc3ccccc3)C3Nc4ccccc4N3)cc2Cl)S(=O)(=O)N1. The minimum atomic E-state index is -3.81. The van der Waals surface area contributed by atoms with Crippen molar-refractivity contribution in [2.24, 2.45) is 0 Å². The van der Waals surface area contributed by atoms with Crippen molar-refractivity contribution in [2.75, 3.05) is 10.6 Å². The van der Waals surface area contributed by atoms with Crippen LogP contribution in [-0.2, 0) is 32.6 Å². The van der Waals surface area contributed by atoms with Gasteiger partial charge in [0.25, 0.3) is 0 Å². The van der Waals surface area contributed by atoms with Gasteiger partial charge >= 0.3 is 6.09 Å². The van der Waals surface area contributed by atoms with E-state index in [9.17, 15) is 18.0 Å². The Kier molecular flexibility index (Phi) is 6.94. The summed E-state index contributed by atoms with van der Waals surface area (Å²) in [4.78, 5) is 24.4. The smallest absolute Gasteiger partial charge is 0.407 e. The second-order valence-corrected chi connectivity index (χ2v) is 11.2. The van der Waals surface area contributed by atoms with E-state index in [1.807, 2.05) is 59.3 Å². The predicted octanol–water partition coefficient (Wildman–Crippen LogP) is 3.93. The number of hydrogen-bond acceptors (Lipinski definition) is 7. The van der Waals surface area contributed by atoms with Crippen LogP contribution in [0.15, 0.2) is 72.8 Å². The van der Waals surface area contributed by atoms with Crippen molar-refractivity contribution in [3.05, 3.63) is 94.5 Å². The van der Waals surface area contributed by atoms with Crippen molar-refractivity contribution in [3.63, 3.8) is 0 Å². The summed E-state index contributed by atoms with van der Waals surface area (Å²) in [6, 6.07) is 21.7. The van der Waals surface area contributed by atoms with Gasteiger partial charge in [-0.05, 0) is 41.3 Å². The van der Waals surface area contributed by atoms with E-state index in [4.69, 9.17) is 16.3 Å². The van der Waals surface area contributed by atoms with Crippen LogP contribution in [0.3, 0.4) is 0 Å². The molecule has 2 aliphatic heterocycles. The average Bonchev–Trinajstić information content (AvgIpc) is 3.42. The van der Waals surface area contributed by atoms with E-state index < -0.39 is 33.3 Å². The molecule has 2 aliphatic rings. The van der Waals surface area contributed by atoms with Crippen LogP contribution in [0.2, 0.25) is 5.02 Å². The van der Waals surface area contributed by atoms with Crippen LogP contribution >= 0.6 is 11.6 Å². The number of nitrogens with one attached hydrogen (secondary N) is 4. The number of para-hydroxylation sites is 2. The first-order valence-electron chi connectivity index (χ1n) is 11.7. The van der Waals surface area contributed by atoms with Gasteiger partial charge in [0.15, 0.2) is 0 Å². The van der Waals surface area contributed by atoms with Crippen LogP contribution in [0.4, 0.5) is 16.2 Å². The van der Waals surface area contributed by atoms with Crippen LogP contribution < -0.4 is 20.7 Å². The molecule has 0 spiro atoms. The summed E-state index contributed by atoms with van der Waals surface area (Å²) in [6.45, 7) is 0.133. The number of fused-ring (bicyclic) bond motifs is 1. The average molecular weight is 541 g/mol. The lowest BCUT2D eigenvalue weighted by Gasteiger charge is -2.26. The molecule has 3 aromatic rings. The number of carbonyl (C=O) groups is 2. The molecule has 2 heterocycles. The van der Waals surface area contributed by atoms with Crippen LogP contribution in [0.25, 0.3) is 0 Å². The Labute approximate surface area is 219 Å². The summed E-state index contributed by atoms with van der Waals surface area (Å²) in [5, 5.41) is 8.91. The number of sulfonamides is 1. The quantitative estimate of drug-likeness (QED) is 0.358. The van der Waals surface area contributed by atoms with Gasteiger partial charge in [-0.25, -0.2) is 13.2 Å². The molecule has 0 saturated carbocycles. The van der Waals surface area contributed by atoms with Crippen LogP contribution in [-0.4, -0.2) is 32.6 Å². The Morgan fingerprint density at radius 1 is 1.00 bits per heavy atom. The van der Waals surface area contributed by atoms with Crippen molar-refractivity contribution >= 4 is 45.0 Å². The number of hydrogen-bond donors (Lipinski definition) is 4. The van der Waals surface area contributed by atoms with Gasteiger partial charge < -0.3 is 20.7 Å². The lowest BCUT2D eigenvalue weighted by atomic mass is 10.0. The minimum absolute atomic E-state index is 0.133. The molecule has 3 aromatic carbocycles. The third kappa shape index (κ3) is 5.65. The molecule has 2 atom stereocenters. The van der Waals surface area contributed by atoms with E-state index >= 15 is 0 Å². The maximum atomic E-state index is 12.7. The monoisotopic (exact) mass is 540 g/mol. The standard InChI is InChI=1S/C26H25ClN4O5S/c27-19-12-17(10-11-18(19)23-14-24(32)31-37(23,34)35)13-22(25-28-20-8-4-5-9-21(20)29-25)30-26(33)36-15-16-6-2-1-3-7-16/h1-12,22-23,25,28-29H,13-15H2,(H,30,33)(H,31,32)/t22-,23?/m0/s1. The second-order valence-electron chi connectivity index (χ2n) is 8.95. The normalized spacial score (nSPS) is 18.7. The number of carbonyl (C=O) groups excluding carboxylic acids is 2. The number of benzene rings is 3. The number of halogens is 1. The number of ether oxygens (including phenoxy) is 1. The van der Waals surface area contributed by atoms with Gasteiger partial charge in [-0.15, -0.1) is 0 Å². The third-order valence-electron chi connectivity index (χ3n) is 6.34. The van der Waals surface area contributed by atoms with Gasteiger partial charge in [0, 0.05) is 5.02 Å². The lowest BCUT2D eigenvalue weighted by molar-refractivity contribution is -0.118. The summed E-state index contributed by atoms with van der Waals surface area (Å²) >= 11 is 6.48. The van der Waals surface area contributed by atoms with Gasteiger partial charge in [-0.2, -0.15) is 0 Å². The molecule has 37 heavy (non-hydrogen) atoms. The molecule has 0 aliphatic carbocycles. The zero-order valence-electron chi connectivity index (χ0n) is 19.6. The molecule has 9 nitrogen and oxygen atoms in total. The topological polar surface area (TPSA) is 126 Å². The summed E-state index contributed by atoms with van der Waals surface area (Å²) in [5.74, 6) is -0.554. The Balaban J connectivity index is 1.33. The van der Waals surface area contributed by atoms with E-state index in [0.717, 1.165) is 22.5 Å². The fraction of sp³-hybridized carbons (Fsp3) is 0.231. The van der Waals surface area contributed by atoms with Crippen molar-refractivity contribution in [1.29, 1.82) is 0 Å². The highest BCUT2D eigenvalue weighted by atomic mass is 35.5. The van der Waals surface area contributed by atoms with E-state index in [2.05, 4.69) is 16.0 Å². The summed E-state index contributed by atoms with van der Waals surface area (Å²) in [6.07, 6.45) is -0.712. The Morgan fingerprint density at radius 2 is 1.68 bits per heavy atom. The zero-order chi connectivity index (χ0) is 26.0. The van der Waals surface area contributed by atoms with E-state index in [0.29, 0.717) is 12.0 Å². The predicted molar refractivity (Wildman–Crippen MR) is 141 cm³/mol. The molecule has 1 unspecified atom stereocenters. The highest BCUT2D eigenvalue weighted by Crippen LogP contribution is 2.35. The highest BCUT2D eigenvalue weighted by molar-refractivity contribution is 7.90. The fourth-order valence-electron chi connectivity index (χ4n) is 4.51. The summed E-state index contributed by atoms with van der Waals surface area (Å²) in [7, 11) is -3.81. The molecular formula is C26H25ClN4O5S. The second kappa shape index (κ2) is 10.3. The van der Waals surface area contributed by atoms with Gasteiger partial charge in [0.2, 0.25) is 15.9 Å². The molecule has 1 saturated heterocycles. The molecule has 1 fully saturated rings. The molecule has 0 radical (unpaired) electrons. The molecule has 192 valence electrons. The van der Waals surface area contributed by atoms with Crippen LogP contribution in [0, 0.1) is 0 Å². The molecule has 2 amide bonds. The molecule has 11 heteroatoms. The Hall–Kier alpha value is -3.76. The molecule has 4 N–H and O–H groups in total. The van der Waals surface area contributed by atoms with E-state index in [-0.39, 0.29) is 24.2 Å². The molecular weight excluding hydrogens is 516 g/mol. The zero-order valence-corrected chi connectivity index (χ0v) is 21.2. The minimum Gasteiger partial charge on any atom is -0.445 e. The van der Waals surface area contributed by atoms with E-state index in [1.54, 1.807) is 18.2 Å². The molecule has 5 rings (SSSR count). The molecule has 0 bridgehead atoms. The number of rotatable bonds is 7. The largest absolute Gasteiger partial charge is 0.445 e. The Bertz CT molecular complexity index is 1410. The summed E-state index contributed by atoms with van der Waals surface area (Å²) in [5.41, 5.74) is 3.83. The van der Waals surface area contributed by atoms with Crippen molar-refractivity contribution in [1.82, 2.24) is 10.0 Å². The maximum Gasteiger partial charge on any atom is 0.407 e. The van der Waals surface area contributed by atoms with Gasteiger partial charge in [-0.1, -0.05) is 66.2 Å². The van der Waals surface area contributed by atoms with Gasteiger partial charge in [-0.3, -0.25) is 9.52 Å². The first-order chi connectivity index (χ1) is 17.8. The number of anilines is 2. The number of amides is 2. The van der Waals surface area contributed by atoms with Crippen molar-refractivity contribution < 1.29 is 22.7 Å². The van der Waals surface area contributed by atoms with Crippen LogP contribution in [0.5, 0.6) is 0 Å². The first-order valence-corrected chi connectivity index (χ1v) is 13.6. The third-order valence-corrected chi connectivity index (χ3v) is 8.35. The van der Waals surface area contributed by atoms with Crippen LogP contribution in [0.1, 0.15) is 28.4 Å². The van der Waals surface area contributed by atoms with E-state index in [1.165, 1.54) is 0 Å². The fourth-order valence-corrected chi connectivity index (χ4v) is 6.37. The lowest BCUT2D eigenvalue weighted by Crippen LogP contribution is -2.50. The van der Waals surface area contributed by atoms with Crippen molar-refractivity contribution in [2.45, 2.75) is 36.9 Å². The molecule has 0 aromatic heterocycles.